The van der Waals surface area contributed by atoms with Gasteiger partial charge in [-0.05, 0) is 69.4 Å². The molecule has 1 N–H and O–H groups in total. The first-order valence-corrected chi connectivity index (χ1v) is 12.3. The zero-order valence-corrected chi connectivity index (χ0v) is 20.6. The van der Waals surface area contributed by atoms with Crippen LogP contribution in [-0.2, 0) is 11.3 Å². The highest BCUT2D eigenvalue weighted by Gasteiger charge is 2.27. The Balaban J connectivity index is 1.26. The van der Waals surface area contributed by atoms with E-state index in [-0.39, 0.29) is 11.8 Å². The number of benzene rings is 1. The lowest BCUT2D eigenvalue weighted by Gasteiger charge is -2.32. The lowest BCUT2D eigenvalue weighted by atomic mass is 9.97. The summed E-state index contributed by atoms with van der Waals surface area (Å²) in [6.45, 7) is 8.44. The summed E-state index contributed by atoms with van der Waals surface area (Å²) in [6, 6.07) is 5.53. The molecule has 9 heteroatoms. The molecule has 34 heavy (non-hydrogen) atoms. The van der Waals surface area contributed by atoms with Crippen LogP contribution in [0.25, 0.3) is 11.4 Å². The normalized spacial score (nSPS) is 20.3. The van der Waals surface area contributed by atoms with E-state index in [1.807, 2.05) is 18.2 Å². The van der Waals surface area contributed by atoms with Gasteiger partial charge in [0.05, 0.1) is 26.7 Å². The Kier molecular flexibility index (Phi) is 8.39. The van der Waals surface area contributed by atoms with Gasteiger partial charge < -0.3 is 24.2 Å². The summed E-state index contributed by atoms with van der Waals surface area (Å²) in [4.78, 5) is 22.0. The van der Waals surface area contributed by atoms with Crippen molar-refractivity contribution in [3.05, 3.63) is 24.1 Å². The Labute approximate surface area is 201 Å². The second-order valence-electron chi connectivity index (χ2n) is 9.47. The minimum atomic E-state index is 0.00312. The molecule has 0 bridgehead atoms. The summed E-state index contributed by atoms with van der Waals surface area (Å²) in [5, 5.41) is 7.29. The zero-order valence-electron chi connectivity index (χ0n) is 20.6. The predicted octanol–water partition coefficient (Wildman–Crippen LogP) is 2.81. The number of nitrogens with one attached hydrogen (secondary N) is 1. The molecule has 1 atom stereocenters. The highest BCUT2D eigenvalue weighted by molar-refractivity contribution is 5.78. The first-order chi connectivity index (χ1) is 16.6. The molecular formula is C25H37N5O4. The fourth-order valence-electron chi connectivity index (χ4n) is 4.78. The molecule has 0 saturated carbocycles. The Morgan fingerprint density at radius 3 is 2.68 bits per heavy atom. The largest absolute Gasteiger partial charge is 0.493 e. The standard InChI is InChI=1S/C25H37N5O4/c1-18-8-12-29(13-9-18)14-10-26-25(31)20-5-4-11-30(16-20)17-23-27-24(28-34-23)19-6-7-21(32-2)22(15-19)33-3/h6-7,15,18,20H,4-5,8-14,16-17H2,1-3H3,(H,26,31)/t20-/m0/s1. The van der Waals surface area contributed by atoms with Crippen LogP contribution < -0.4 is 14.8 Å². The Hall–Kier alpha value is -2.65. The summed E-state index contributed by atoms with van der Waals surface area (Å²) < 4.78 is 16.2. The van der Waals surface area contributed by atoms with E-state index in [1.54, 1.807) is 14.2 Å². The molecular weight excluding hydrogens is 434 g/mol. The van der Waals surface area contributed by atoms with E-state index in [0.29, 0.717) is 36.3 Å². The second-order valence-corrected chi connectivity index (χ2v) is 9.47. The number of hydrogen-bond donors (Lipinski definition) is 1. The fraction of sp³-hybridized carbons (Fsp3) is 0.640. The molecule has 2 saturated heterocycles. The number of rotatable bonds is 9. The number of methoxy groups -OCH3 is 2. The number of nitrogens with zero attached hydrogens (tertiary/aromatic N) is 4. The van der Waals surface area contributed by atoms with Crippen molar-refractivity contribution in [2.45, 2.75) is 39.2 Å². The summed E-state index contributed by atoms with van der Waals surface area (Å²) in [5.41, 5.74) is 0.798. The van der Waals surface area contributed by atoms with Crippen molar-refractivity contribution in [3.63, 3.8) is 0 Å². The lowest BCUT2D eigenvalue weighted by molar-refractivity contribution is -0.126. The van der Waals surface area contributed by atoms with Gasteiger partial charge >= 0.3 is 0 Å². The number of aromatic nitrogens is 2. The van der Waals surface area contributed by atoms with Gasteiger partial charge in [-0.1, -0.05) is 12.1 Å². The smallest absolute Gasteiger partial charge is 0.241 e. The molecule has 3 heterocycles. The van der Waals surface area contributed by atoms with Crippen LogP contribution in [0.2, 0.25) is 0 Å². The van der Waals surface area contributed by atoms with E-state index in [1.165, 1.54) is 12.8 Å². The number of piperidine rings is 2. The second kappa shape index (κ2) is 11.7. The van der Waals surface area contributed by atoms with Crippen LogP contribution in [0.4, 0.5) is 0 Å². The van der Waals surface area contributed by atoms with Crippen molar-refractivity contribution in [1.82, 2.24) is 25.3 Å². The van der Waals surface area contributed by atoms with Gasteiger partial charge in [-0.2, -0.15) is 4.98 Å². The van der Waals surface area contributed by atoms with E-state index in [9.17, 15) is 4.79 Å². The van der Waals surface area contributed by atoms with Crippen LogP contribution in [0.1, 0.15) is 38.5 Å². The van der Waals surface area contributed by atoms with Crippen molar-refractivity contribution in [2.75, 3.05) is 53.5 Å². The van der Waals surface area contributed by atoms with Crippen LogP contribution in [0, 0.1) is 11.8 Å². The molecule has 2 aliphatic heterocycles. The topological polar surface area (TPSA) is 93.0 Å². The fourth-order valence-corrected chi connectivity index (χ4v) is 4.78. The van der Waals surface area contributed by atoms with Crippen molar-refractivity contribution in [1.29, 1.82) is 0 Å². The lowest BCUT2D eigenvalue weighted by Crippen LogP contribution is -2.45. The molecule has 2 aromatic rings. The van der Waals surface area contributed by atoms with Crippen molar-refractivity contribution in [3.8, 4) is 22.9 Å². The molecule has 0 unspecified atom stereocenters. The monoisotopic (exact) mass is 471 g/mol. The van der Waals surface area contributed by atoms with Gasteiger partial charge in [-0.3, -0.25) is 9.69 Å². The van der Waals surface area contributed by atoms with E-state index >= 15 is 0 Å². The average molecular weight is 472 g/mol. The van der Waals surface area contributed by atoms with Crippen LogP contribution in [0.15, 0.2) is 22.7 Å². The highest BCUT2D eigenvalue weighted by atomic mass is 16.5. The number of likely N-dealkylation sites (tertiary alicyclic amines) is 2. The van der Waals surface area contributed by atoms with Crippen LogP contribution in [0.3, 0.4) is 0 Å². The third kappa shape index (κ3) is 6.27. The summed E-state index contributed by atoms with van der Waals surface area (Å²) >= 11 is 0. The first kappa shape index (κ1) is 24.5. The molecule has 1 aromatic carbocycles. The van der Waals surface area contributed by atoms with Gasteiger partial charge in [0.15, 0.2) is 11.5 Å². The molecule has 1 amide bonds. The van der Waals surface area contributed by atoms with Gasteiger partial charge in [0.25, 0.3) is 0 Å². The minimum Gasteiger partial charge on any atom is -0.493 e. The molecule has 1 aromatic heterocycles. The molecule has 0 radical (unpaired) electrons. The summed E-state index contributed by atoms with van der Waals surface area (Å²) in [7, 11) is 3.20. The van der Waals surface area contributed by atoms with E-state index in [2.05, 4.69) is 32.2 Å². The van der Waals surface area contributed by atoms with Crippen LogP contribution in [-0.4, -0.2) is 79.3 Å². The van der Waals surface area contributed by atoms with Gasteiger partial charge in [0.1, 0.15) is 0 Å². The maximum absolute atomic E-state index is 12.8. The minimum absolute atomic E-state index is 0.00312. The molecule has 2 aliphatic rings. The number of amides is 1. The summed E-state index contributed by atoms with van der Waals surface area (Å²) in [5.74, 6) is 3.31. The third-order valence-electron chi connectivity index (χ3n) is 6.95. The Morgan fingerprint density at radius 1 is 1.12 bits per heavy atom. The number of carbonyl (C=O) groups is 1. The van der Waals surface area contributed by atoms with Crippen LogP contribution >= 0.6 is 0 Å². The van der Waals surface area contributed by atoms with E-state index in [4.69, 9.17) is 14.0 Å². The van der Waals surface area contributed by atoms with Gasteiger partial charge in [-0.15, -0.1) is 0 Å². The maximum atomic E-state index is 12.8. The third-order valence-corrected chi connectivity index (χ3v) is 6.95. The maximum Gasteiger partial charge on any atom is 0.241 e. The quantitative estimate of drug-likeness (QED) is 0.597. The average Bonchev–Trinajstić information content (AvgIpc) is 3.33. The van der Waals surface area contributed by atoms with Gasteiger partial charge in [0.2, 0.25) is 17.6 Å². The molecule has 186 valence electrons. The molecule has 0 aliphatic carbocycles. The van der Waals surface area contributed by atoms with Crippen molar-refractivity contribution < 1.29 is 18.8 Å². The van der Waals surface area contributed by atoms with E-state index < -0.39 is 0 Å². The Bertz CT molecular complexity index is 941. The van der Waals surface area contributed by atoms with Crippen molar-refractivity contribution >= 4 is 5.91 Å². The van der Waals surface area contributed by atoms with Crippen LogP contribution in [0.5, 0.6) is 11.5 Å². The van der Waals surface area contributed by atoms with Crippen molar-refractivity contribution in [2.24, 2.45) is 11.8 Å². The van der Waals surface area contributed by atoms with Gasteiger partial charge in [-0.25, -0.2) is 0 Å². The zero-order chi connectivity index (χ0) is 23.9. The number of hydrogen-bond acceptors (Lipinski definition) is 8. The molecule has 0 spiro atoms. The molecule has 4 rings (SSSR count). The first-order valence-electron chi connectivity index (χ1n) is 12.3. The molecule has 2 fully saturated rings. The number of carbonyl (C=O) groups excluding carboxylic acids is 1. The van der Waals surface area contributed by atoms with Gasteiger partial charge in [0, 0.05) is 25.2 Å². The highest BCUT2D eigenvalue weighted by Crippen LogP contribution is 2.31. The predicted molar refractivity (Wildman–Crippen MR) is 129 cm³/mol. The summed E-state index contributed by atoms with van der Waals surface area (Å²) in [6.07, 6.45) is 4.42. The Morgan fingerprint density at radius 2 is 1.91 bits per heavy atom. The van der Waals surface area contributed by atoms with E-state index in [0.717, 1.165) is 57.0 Å². The SMILES string of the molecule is COc1ccc(-c2noc(CN3CCC[C@H](C(=O)NCCN4CCC(C)CC4)C3)n2)cc1OC. The molecule has 9 nitrogen and oxygen atoms in total. The number of ether oxygens (including phenoxy) is 2.